The largest absolute Gasteiger partial charge is 0.481 e. The third kappa shape index (κ3) is 5.50. The van der Waals surface area contributed by atoms with Gasteiger partial charge in [0.15, 0.2) is 5.78 Å². The van der Waals surface area contributed by atoms with Gasteiger partial charge >= 0.3 is 12.0 Å². The van der Waals surface area contributed by atoms with E-state index in [0.717, 1.165) is 29.5 Å². The molecule has 3 N–H and O–H groups in total. The lowest BCUT2D eigenvalue weighted by Crippen LogP contribution is -2.41. The lowest BCUT2D eigenvalue weighted by Gasteiger charge is -2.29. The zero-order valence-corrected chi connectivity index (χ0v) is 21.3. The fourth-order valence-electron chi connectivity index (χ4n) is 4.88. The number of carboxylic acids is 1. The third-order valence-electron chi connectivity index (χ3n) is 6.86. The van der Waals surface area contributed by atoms with Gasteiger partial charge in [0, 0.05) is 33.0 Å². The third-order valence-corrected chi connectivity index (χ3v) is 7.57. The maximum Gasteiger partial charge on any atom is 0.315 e. The van der Waals surface area contributed by atoms with Gasteiger partial charge in [-0.15, -0.1) is 0 Å². The molecule has 0 unspecified atom stereocenters. The number of halogens is 2. The van der Waals surface area contributed by atoms with Crippen molar-refractivity contribution in [2.75, 3.05) is 13.1 Å². The summed E-state index contributed by atoms with van der Waals surface area (Å²) >= 11 is 12.9. The monoisotopic (exact) mass is 531 g/mol. The zero-order chi connectivity index (χ0) is 26.0. The average molecular weight is 532 g/mol. The lowest BCUT2D eigenvalue weighted by molar-refractivity contribution is -0.141. The van der Waals surface area contributed by atoms with E-state index in [4.69, 9.17) is 23.2 Å². The van der Waals surface area contributed by atoms with E-state index in [1.54, 1.807) is 11.0 Å². The van der Waals surface area contributed by atoms with Gasteiger partial charge in [0.05, 0.1) is 27.6 Å². The van der Waals surface area contributed by atoms with Crippen LogP contribution in [0.25, 0.3) is 0 Å². The van der Waals surface area contributed by atoms with E-state index in [0.29, 0.717) is 19.5 Å². The van der Waals surface area contributed by atoms with Gasteiger partial charge in [0.1, 0.15) is 0 Å². The molecule has 3 amide bonds. The first-order valence-corrected chi connectivity index (χ1v) is 12.5. The molecule has 2 aromatic carbocycles. The number of fused-ring (bicyclic) bond motifs is 2. The van der Waals surface area contributed by atoms with Crippen LogP contribution in [0.15, 0.2) is 30.3 Å². The summed E-state index contributed by atoms with van der Waals surface area (Å²) in [5, 5.41) is 15.5. The molecule has 1 heterocycles. The molecular formula is C26H27Cl2N3O5. The van der Waals surface area contributed by atoms with Crippen molar-refractivity contribution >= 4 is 46.9 Å². The van der Waals surface area contributed by atoms with Gasteiger partial charge in [-0.2, -0.15) is 0 Å². The molecular weight excluding hydrogens is 505 g/mol. The Kier molecular flexibility index (Phi) is 7.85. The molecule has 1 aliphatic heterocycles. The lowest BCUT2D eigenvalue weighted by atomic mass is 9.92. The van der Waals surface area contributed by atoms with Crippen molar-refractivity contribution in [3.05, 3.63) is 68.2 Å². The van der Waals surface area contributed by atoms with E-state index >= 15 is 0 Å². The van der Waals surface area contributed by atoms with Crippen LogP contribution in [-0.2, 0) is 29.0 Å². The van der Waals surface area contributed by atoms with Gasteiger partial charge in [0.2, 0.25) is 5.91 Å². The Morgan fingerprint density at radius 2 is 1.89 bits per heavy atom. The predicted molar refractivity (Wildman–Crippen MR) is 135 cm³/mol. The van der Waals surface area contributed by atoms with Crippen LogP contribution in [0.4, 0.5) is 4.79 Å². The summed E-state index contributed by atoms with van der Waals surface area (Å²) in [5.41, 5.74) is 3.82. The Hall–Kier alpha value is -3.10. The summed E-state index contributed by atoms with van der Waals surface area (Å²) in [6.45, 7) is 2.08. The number of carboxylic acid groups (broad SMARTS) is 1. The van der Waals surface area contributed by atoms with Gasteiger partial charge < -0.3 is 20.6 Å². The molecule has 10 heteroatoms. The van der Waals surface area contributed by atoms with Crippen molar-refractivity contribution in [1.29, 1.82) is 0 Å². The number of carbonyl (C=O) groups is 4. The predicted octanol–water partition coefficient (Wildman–Crippen LogP) is 4.16. The molecule has 190 valence electrons. The van der Waals surface area contributed by atoms with Crippen LogP contribution in [-0.4, -0.2) is 46.8 Å². The second-order valence-corrected chi connectivity index (χ2v) is 9.97. The zero-order valence-electron chi connectivity index (χ0n) is 19.8. The molecule has 0 saturated heterocycles. The van der Waals surface area contributed by atoms with Gasteiger partial charge in [0.25, 0.3) is 0 Å². The van der Waals surface area contributed by atoms with Crippen molar-refractivity contribution < 1.29 is 24.3 Å². The Labute approximate surface area is 218 Å². The number of amides is 3. The van der Waals surface area contributed by atoms with E-state index < -0.39 is 23.7 Å². The second kappa shape index (κ2) is 10.9. The second-order valence-electron chi connectivity index (χ2n) is 9.18. The van der Waals surface area contributed by atoms with E-state index in [1.807, 2.05) is 24.3 Å². The minimum absolute atomic E-state index is 0.0639. The molecule has 0 bridgehead atoms. The van der Waals surface area contributed by atoms with Crippen molar-refractivity contribution in [3.63, 3.8) is 0 Å². The number of hydrogen-bond donors (Lipinski definition) is 3. The molecule has 4 rings (SSSR count). The SMILES string of the molecule is CC(=O)N1CCc2c(cc(Cl)c(C(=O)C[C@@H](CNC(=O)N[C@@H]3CCc4ccccc43)C(=O)O)c2Cl)C1. The quantitative estimate of drug-likeness (QED) is 0.464. The standard InChI is InChI=1S/C26H27Cl2N3O5/c1-14(32)31-9-8-19-17(13-31)10-20(27)23(24(19)28)22(33)11-16(25(34)35)12-29-26(36)30-21-7-6-15-4-2-3-5-18(15)21/h2-5,10,16,21H,6-9,11-13H2,1H3,(H,34,35)(H2,29,30,36)/t16-,21+/m0/s1. The van der Waals surface area contributed by atoms with Crippen molar-refractivity contribution in [3.8, 4) is 0 Å². The van der Waals surface area contributed by atoms with Crippen LogP contribution in [0.5, 0.6) is 0 Å². The first kappa shape index (κ1) is 26.0. The first-order chi connectivity index (χ1) is 17.2. The number of urea groups is 1. The van der Waals surface area contributed by atoms with Gasteiger partial charge in [-0.3, -0.25) is 14.4 Å². The van der Waals surface area contributed by atoms with Crippen LogP contribution >= 0.6 is 23.2 Å². The highest BCUT2D eigenvalue weighted by Crippen LogP contribution is 2.36. The minimum atomic E-state index is -1.21. The number of carbonyl (C=O) groups excluding carboxylic acids is 3. The summed E-state index contributed by atoms with van der Waals surface area (Å²) in [7, 11) is 0. The fourth-order valence-corrected chi connectivity index (χ4v) is 5.68. The molecule has 2 atom stereocenters. The molecule has 0 radical (unpaired) electrons. The molecule has 0 spiro atoms. The Morgan fingerprint density at radius 3 is 2.61 bits per heavy atom. The Bertz CT molecular complexity index is 1230. The Morgan fingerprint density at radius 1 is 1.14 bits per heavy atom. The number of Topliss-reactive ketones (excluding diaryl/α,β-unsaturated/α-hetero) is 1. The van der Waals surface area contributed by atoms with Crippen molar-refractivity contribution in [2.45, 2.75) is 45.2 Å². The molecule has 0 saturated carbocycles. The average Bonchev–Trinajstić information content (AvgIpc) is 3.23. The van der Waals surface area contributed by atoms with Crippen LogP contribution in [0, 0.1) is 5.92 Å². The number of benzene rings is 2. The molecule has 2 aliphatic rings. The van der Waals surface area contributed by atoms with Crippen molar-refractivity contribution in [2.24, 2.45) is 5.92 Å². The van der Waals surface area contributed by atoms with Crippen LogP contribution in [0.2, 0.25) is 10.0 Å². The summed E-state index contributed by atoms with van der Waals surface area (Å²) in [4.78, 5) is 50.8. The van der Waals surface area contributed by atoms with Crippen LogP contribution in [0.1, 0.15) is 58.4 Å². The normalized spacial score (nSPS) is 17.1. The van der Waals surface area contributed by atoms with Crippen LogP contribution in [0.3, 0.4) is 0 Å². The number of hydrogen-bond acceptors (Lipinski definition) is 4. The summed E-state index contributed by atoms with van der Waals surface area (Å²) in [5.74, 6) is -2.94. The van der Waals surface area contributed by atoms with Gasteiger partial charge in [-0.1, -0.05) is 47.5 Å². The fraction of sp³-hybridized carbons (Fsp3) is 0.385. The highest BCUT2D eigenvalue weighted by molar-refractivity contribution is 6.40. The van der Waals surface area contributed by atoms with E-state index in [2.05, 4.69) is 10.6 Å². The van der Waals surface area contributed by atoms with E-state index in [-0.39, 0.29) is 40.5 Å². The molecule has 0 fully saturated rings. The van der Waals surface area contributed by atoms with Crippen LogP contribution < -0.4 is 10.6 Å². The number of aryl methyl sites for hydroxylation is 1. The summed E-state index contributed by atoms with van der Waals surface area (Å²) in [6.07, 6.45) is 1.73. The van der Waals surface area contributed by atoms with Gasteiger partial charge in [-0.25, -0.2) is 4.79 Å². The maximum absolute atomic E-state index is 13.1. The van der Waals surface area contributed by atoms with E-state index in [9.17, 15) is 24.3 Å². The smallest absolute Gasteiger partial charge is 0.315 e. The molecule has 2 aromatic rings. The molecule has 8 nitrogen and oxygen atoms in total. The summed E-state index contributed by atoms with van der Waals surface area (Å²) in [6, 6.07) is 8.85. The molecule has 36 heavy (non-hydrogen) atoms. The number of nitrogens with zero attached hydrogens (tertiary/aromatic N) is 1. The van der Waals surface area contributed by atoms with Crippen molar-refractivity contribution in [1.82, 2.24) is 15.5 Å². The number of ketones is 1. The highest BCUT2D eigenvalue weighted by atomic mass is 35.5. The minimum Gasteiger partial charge on any atom is -0.481 e. The van der Waals surface area contributed by atoms with E-state index in [1.165, 1.54) is 12.5 Å². The molecule has 0 aromatic heterocycles. The highest BCUT2D eigenvalue weighted by Gasteiger charge is 2.30. The number of aliphatic carboxylic acids is 1. The summed E-state index contributed by atoms with van der Waals surface area (Å²) < 4.78 is 0. The first-order valence-electron chi connectivity index (χ1n) is 11.8. The topological polar surface area (TPSA) is 116 Å². The van der Waals surface area contributed by atoms with Gasteiger partial charge in [-0.05, 0) is 47.6 Å². The Balaban J connectivity index is 1.40. The number of nitrogens with one attached hydrogen (secondary N) is 2. The molecule has 1 aliphatic carbocycles. The number of rotatable bonds is 7. The maximum atomic E-state index is 13.1.